The normalized spacial score (nSPS) is 13.1. The Morgan fingerprint density at radius 1 is 0.750 bits per heavy atom. The van der Waals surface area contributed by atoms with Crippen molar-refractivity contribution in [2.45, 2.75) is 26.2 Å². The van der Waals surface area contributed by atoms with Crippen LogP contribution in [-0.4, -0.2) is 14.7 Å². The molecule has 0 bridgehead atoms. The molecule has 3 heterocycles. The molecule has 0 aliphatic carbocycles. The van der Waals surface area contributed by atoms with Crippen molar-refractivity contribution in [3.8, 4) is 11.6 Å². The molecule has 0 radical (unpaired) electrons. The molecule has 4 aromatic carbocycles. The number of rotatable bonds is 3. The second-order valence-electron chi connectivity index (χ2n) is 10.9. The summed E-state index contributed by atoms with van der Waals surface area (Å²) in [4.78, 5) is 8.95. The molecule has 40 heavy (non-hydrogen) atoms. The van der Waals surface area contributed by atoms with E-state index in [9.17, 15) is 5.11 Å². The van der Waals surface area contributed by atoms with E-state index in [1.165, 1.54) is 10.9 Å². The Morgan fingerprint density at radius 2 is 1.43 bits per heavy atom. The number of benzene rings is 4. The van der Waals surface area contributed by atoms with E-state index in [2.05, 4.69) is 97.0 Å². The number of aromatic nitrogens is 2. The molecule has 7 rings (SSSR count). The van der Waals surface area contributed by atoms with Gasteiger partial charge in [0, 0.05) is 23.1 Å². The van der Waals surface area contributed by atoms with E-state index in [0.717, 1.165) is 45.0 Å². The van der Waals surface area contributed by atoms with Crippen molar-refractivity contribution in [2.24, 2.45) is 0 Å². The molecule has 1 N–H and O–H groups in total. The van der Waals surface area contributed by atoms with Crippen LogP contribution in [0.4, 0.5) is 22.7 Å². The minimum atomic E-state index is 0. The van der Waals surface area contributed by atoms with Crippen LogP contribution in [0, 0.1) is 12.7 Å². The zero-order valence-corrected chi connectivity index (χ0v) is 24.7. The number of phenols is 1. The summed E-state index contributed by atoms with van der Waals surface area (Å²) in [5, 5.41) is 12.9. The first-order chi connectivity index (χ1) is 18.9. The molecule has 2 aromatic heterocycles. The first kappa shape index (κ1) is 26.2. The largest absolute Gasteiger partial charge is 2.00 e. The van der Waals surface area contributed by atoms with E-state index in [4.69, 9.17) is 4.98 Å². The zero-order valence-electron chi connectivity index (χ0n) is 22.4. The van der Waals surface area contributed by atoms with Crippen molar-refractivity contribution >= 4 is 44.6 Å². The molecule has 0 saturated carbocycles. The summed E-state index contributed by atoms with van der Waals surface area (Å²) < 4.78 is 2.21. The van der Waals surface area contributed by atoms with Crippen LogP contribution in [0.1, 0.15) is 26.3 Å². The van der Waals surface area contributed by atoms with E-state index in [1.807, 2.05) is 48.1 Å². The van der Waals surface area contributed by atoms with Crippen LogP contribution in [0.15, 0.2) is 103 Å². The summed E-state index contributed by atoms with van der Waals surface area (Å²) in [5.41, 5.74) is 6.95. The van der Waals surface area contributed by atoms with Gasteiger partial charge in [0.15, 0.2) is 0 Å². The molecule has 6 heteroatoms. The molecule has 0 fully saturated rings. The second-order valence-corrected chi connectivity index (χ2v) is 10.9. The van der Waals surface area contributed by atoms with Crippen molar-refractivity contribution in [3.63, 3.8) is 0 Å². The minimum Gasteiger partial charge on any atom is -0.506 e. The quantitative estimate of drug-likeness (QED) is 0.188. The summed E-state index contributed by atoms with van der Waals surface area (Å²) in [5.74, 6) is 1.11. The third-order valence-corrected chi connectivity index (χ3v) is 7.44. The minimum absolute atomic E-state index is 0. The molecule has 0 spiro atoms. The fourth-order valence-electron chi connectivity index (χ4n) is 5.43. The van der Waals surface area contributed by atoms with Gasteiger partial charge >= 0.3 is 21.1 Å². The SMILES string of the molecule is CC(C)(C)c1ccnc(-n2c3[c-]c(N4[CH-]N(c5ccccc5O)c5ccccc54)ccc3c3ccccc32)c1.[Pt+2]. The third-order valence-electron chi connectivity index (χ3n) is 7.44. The Hall–Kier alpha value is -4.08. The van der Waals surface area contributed by atoms with Crippen LogP contribution < -0.4 is 9.80 Å². The smallest absolute Gasteiger partial charge is 0.506 e. The predicted molar refractivity (Wildman–Crippen MR) is 159 cm³/mol. The van der Waals surface area contributed by atoms with Crippen LogP contribution in [-0.2, 0) is 26.5 Å². The molecule has 0 amide bonds. The van der Waals surface area contributed by atoms with Gasteiger partial charge in [0.05, 0.1) is 5.69 Å². The number of fused-ring (bicyclic) bond motifs is 4. The average Bonchev–Trinajstić information content (AvgIpc) is 3.49. The maximum absolute atomic E-state index is 10.6. The molecular formula is C34H28N4OPt. The molecule has 1 aliphatic rings. The van der Waals surface area contributed by atoms with Crippen LogP contribution >= 0.6 is 0 Å². The number of para-hydroxylation sites is 5. The second kappa shape index (κ2) is 9.83. The van der Waals surface area contributed by atoms with Gasteiger partial charge in [-0.2, -0.15) is 6.07 Å². The molecule has 0 saturated heterocycles. The van der Waals surface area contributed by atoms with Gasteiger partial charge in [0.1, 0.15) is 11.6 Å². The van der Waals surface area contributed by atoms with E-state index in [-0.39, 0.29) is 32.2 Å². The van der Waals surface area contributed by atoms with Crippen molar-refractivity contribution in [1.29, 1.82) is 0 Å². The van der Waals surface area contributed by atoms with E-state index in [0.29, 0.717) is 0 Å². The molecule has 0 unspecified atom stereocenters. The molecule has 5 nitrogen and oxygen atoms in total. The van der Waals surface area contributed by atoms with Crippen LogP contribution in [0.5, 0.6) is 5.75 Å². The van der Waals surface area contributed by atoms with Crippen molar-refractivity contribution in [3.05, 3.63) is 122 Å². The van der Waals surface area contributed by atoms with Crippen molar-refractivity contribution < 1.29 is 26.2 Å². The van der Waals surface area contributed by atoms with Crippen molar-refractivity contribution in [2.75, 3.05) is 9.80 Å². The number of phenolic OH excluding ortho intramolecular Hbond substituents is 1. The van der Waals surface area contributed by atoms with Gasteiger partial charge in [-0.05, 0) is 58.8 Å². The third kappa shape index (κ3) is 4.17. The van der Waals surface area contributed by atoms with Crippen molar-refractivity contribution in [1.82, 2.24) is 9.55 Å². The average molecular weight is 704 g/mol. The van der Waals surface area contributed by atoms with Gasteiger partial charge < -0.3 is 19.5 Å². The number of nitrogens with zero attached hydrogens (tertiary/aromatic N) is 4. The summed E-state index contributed by atoms with van der Waals surface area (Å²) in [6, 6.07) is 36.4. The van der Waals surface area contributed by atoms with Crippen LogP contribution in [0.2, 0.25) is 0 Å². The Labute approximate surface area is 248 Å². The maximum Gasteiger partial charge on any atom is 2.00 e. The monoisotopic (exact) mass is 703 g/mol. The number of pyridine rings is 1. The fraction of sp³-hybridized carbons (Fsp3) is 0.118. The number of hydrogen-bond donors (Lipinski definition) is 1. The topological polar surface area (TPSA) is 44.5 Å². The fourth-order valence-corrected chi connectivity index (χ4v) is 5.43. The summed E-state index contributed by atoms with van der Waals surface area (Å²) >= 11 is 0. The summed E-state index contributed by atoms with van der Waals surface area (Å²) in [6.07, 6.45) is 1.90. The van der Waals surface area contributed by atoms with Gasteiger partial charge in [-0.25, -0.2) is 4.98 Å². The predicted octanol–water partition coefficient (Wildman–Crippen LogP) is 8.39. The van der Waals surface area contributed by atoms with Gasteiger partial charge in [-0.15, -0.1) is 29.9 Å². The Kier molecular flexibility index (Phi) is 6.43. The Morgan fingerprint density at radius 3 is 2.17 bits per heavy atom. The van der Waals surface area contributed by atoms with Gasteiger partial charge in [-0.1, -0.05) is 68.8 Å². The molecular weight excluding hydrogens is 675 g/mol. The first-order valence-corrected chi connectivity index (χ1v) is 13.1. The molecule has 6 aromatic rings. The number of hydrogen-bond acceptors (Lipinski definition) is 4. The summed E-state index contributed by atoms with van der Waals surface area (Å²) in [6.45, 7) is 8.68. The Balaban J connectivity index is 0.00000289. The van der Waals surface area contributed by atoms with Crippen LogP contribution in [0.25, 0.3) is 27.6 Å². The van der Waals surface area contributed by atoms with Gasteiger partial charge in [-0.3, -0.25) is 0 Å². The maximum atomic E-state index is 10.6. The Bertz CT molecular complexity index is 1870. The van der Waals surface area contributed by atoms with Gasteiger partial charge in [0.25, 0.3) is 0 Å². The molecule has 0 atom stereocenters. The zero-order chi connectivity index (χ0) is 26.7. The van der Waals surface area contributed by atoms with Crippen LogP contribution in [0.3, 0.4) is 0 Å². The number of aromatic hydroxyl groups is 1. The van der Waals surface area contributed by atoms with E-state index < -0.39 is 0 Å². The van der Waals surface area contributed by atoms with Gasteiger partial charge in [0.2, 0.25) is 0 Å². The van der Waals surface area contributed by atoms with E-state index >= 15 is 0 Å². The summed E-state index contributed by atoms with van der Waals surface area (Å²) in [7, 11) is 0. The standard InChI is InChI=1S/C34H28N4O.Pt/c1-34(2,3)23-18-19-35-33(20-23)38-27-11-5-4-10-25(27)26-17-16-24(21-31(26)38)36-22-37(29-13-7-6-12-28(29)36)30-14-8-9-15-32(30)39;/h4-20,22,39H,1-3H3;/q-2;+2. The molecule has 200 valence electrons. The molecule has 1 aliphatic heterocycles. The first-order valence-electron chi connectivity index (χ1n) is 13.1. The van der Waals surface area contributed by atoms with E-state index in [1.54, 1.807) is 6.07 Å². The number of anilines is 4.